The number of benzene rings is 2. The van der Waals surface area contributed by atoms with Crippen molar-refractivity contribution in [2.75, 3.05) is 23.4 Å². The van der Waals surface area contributed by atoms with Crippen LogP contribution in [0.3, 0.4) is 0 Å². The number of hydrazone groups is 1. The van der Waals surface area contributed by atoms with E-state index in [1.165, 1.54) is 19.3 Å². The zero-order chi connectivity index (χ0) is 25.9. The van der Waals surface area contributed by atoms with E-state index in [-0.39, 0.29) is 12.1 Å². The summed E-state index contributed by atoms with van der Waals surface area (Å²) in [6.45, 7) is 4.06. The minimum absolute atomic E-state index is 0.0306. The number of hydrogen-bond acceptors (Lipinski definition) is 5. The molecule has 3 aliphatic rings. The van der Waals surface area contributed by atoms with Crippen LogP contribution in [-0.4, -0.2) is 46.2 Å². The topological polar surface area (TPSA) is 85.9 Å². The molecule has 2 fully saturated rings. The Morgan fingerprint density at radius 3 is 2.53 bits per heavy atom. The first-order valence-corrected chi connectivity index (χ1v) is 13.9. The number of fused-ring (bicyclic) bond motifs is 1. The Morgan fingerprint density at radius 1 is 1.00 bits per heavy atom. The fourth-order valence-corrected chi connectivity index (χ4v) is 5.86. The molecule has 0 radical (unpaired) electrons. The monoisotopic (exact) mass is 512 g/mol. The molecule has 198 valence electrons. The lowest BCUT2D eigenvalue weighted by Crippen LogP contribution is -2.45. The summed E-state index contributed by atoms with van der Waals surface area (Å²) < 4.78 is 5.64. The van der Waals surface area contributed by atoms with Crippen molar-refractivity contribution in [3.05, 3.63) is 71.5 Å². The number of rotatable bonds is 6. The van der Waals surface area contributed by atoms with E-state index >= 15 is 0 Å². The molecule has 0 unspecified atom stereocenters. The van der Waals surface area contributed by atoms with Crippen LogP contribution in [0.25, 0.3) is 0 Å². The molecule has 2 aromatic carbocycles. The third-order valence-electron chi connectivity index (χ3n) is 7.97. The lowest BCUT2D eigenvalue weighted by Gasteiger charge is -2.33. The number of hydrogen-bond donors (Lipinski definition) is 2. The van der Waals surface area contributed by atoms with Gasteiger partial charge < -0.3 is 10.1 Å². The number of amides is 2. The van der Waals surface area contributed by atoms with Crippen molar-refractivity contribution < 1.29 is 9.53 Å². The van der Waals surface area contributed by atoms with Crippen LogP contribution in [0.5, 0.6) is 0 Å². The van der Waals surface area contributed by atoms with Gasteiger partial charge in [0.15, 0.2) is 0 Å². The highest BCUT2D eigenvalue weighted by Gasteiger charge is 2.37. The third-order valence-corrected chi connectivity index (χ3v) is 7.97. The van der Waals surface area contributed by atoms with Gasteiger partial charge in [-0.25, -0.2) is 9.80 Å². The maximum atomic E-state index is 14.4. The average Bonchev–Trinajstić information content (AvgIpc) is 3.45. The lowest BCUT2D eigenvalue weighted by molar-refractivity contribution is 0.0480. The summed E-state index contributed by atoms with van der Waals surface area (Å²) in [5.41, 5.74) is 7.03. The second-order valence-corrected chi connectivity index (χ2v) is 10.6. The SMILES string of the molecule is Cc1ccc2c(c1)N(c1ccc(NCc3ccn[nH]3)cc1)C(=O)N(C1CCOCC1)N=C2C1CCCCC1. The fourth-order valence-electron chi connectivity index (χ4n) is 5.86. The maximum absolute atomic E-state index is 14.4. The average molecular weight is 513 g/mol. The van der Waals surface area contributed by atoms with Crippen LogP contribution < -0.4 is 10.2 Å². The van der Waals surface area contributed by atoms with Crippen molar-refractivity contribution in [1.82, 2.24) is 15.2 Å². The normalized spacial score (nSPS) is 19.2. The number of ether oxygens (including phenoxy) is 1. The highest BCUT2D eigenvalue weighted by atomic mass is 16.5. The Hall–Kier alpha value is -3.65. The van der Waals surface area contributed by atoms with Gasteiger partial charge >= 0.3 is 6.03 Å². The van der Waals surface area contributed by atoms with E-state index in [1.807, 2.05) is 35.2 Å². The largest absolute Gasteiger partial charge is 0.381 e. The van der Waals surface area contributed by atoms with E-state index in [2.05, 4.69) is 40.6 Å². The predicted molar refractivity (Wildman–Crippen MR) is 150 cm³/mol. The van der Waals surface area contributed by atoms with Gasteiger partial charge in [0.2, 0.25) is 0 Å². The second-order valence-electron chi connectivity index (χ2n) is 10.6. The molecular weight excluding hydrogens is 476 g/mol. The second kappa shape index (κ2) is 11.0. The van der Waals surface area contributed by atoms with Gasteiger partial charge in [-0.1, -0.05) is 31.4 Å². The Bertz CT molecular complexity index is 1270. The van der Waals surface area contributed by atoms with Crippen LogP contribution in [0.4, 0.5) is 21.9 Å². The van der Waals surface area contributed by atoms with Crippen molar-refractivity contribution in [3.8, 4) is 0 Å². The number of aryl methyl sites for hydroxylation is 1. The zero-order valence-corrected chi connectivity index (χ0v) is 22.0. The maximum Gasteiger partial charge on any atom is 0.349 e. The molecule has 3 aromatic rings. The van der Waals surface area contributed by atoms with Crippen molar-refractivity contribution >= 4 is 28.8 Å². The van der Waals surface area contributed by atoms with Crippen molar-refractivity contribution in [1.29, 1.82) is 0 Å². The van der Waals surface area contributed by atoms with E-state index in [1.54, 1.807) is 11.2 Å². The molecule has 2 amide bonds. The smallest absolute Gasteiger partial charge is 0.349 e. The van der Waals surface area contributed by atoms with E-state index in [0.717, 1.165) is 65.3 Å². The summed E-state index contributed by atoms with van der Waals surface area (Å²) in [5.74, 6) is 0.370. The first-order chi connectivity index (χ1) is 18.7. The Labute approximate surface area is 224 Å². The number of aromatic amines is 1. The molecule has 1 saturated carbocycles. The van der Waals surface area contributed by atoms with Gasteiger partial charge in [0.25, 0.3) is 0 Å². The number of urea groups is 1. The van der Waals surface area contributed by atoms with Gasteiger partial charge in [-0.3, -0.25) is 10.00 Å². The van der Waals surface area contributed by atoms with Crippen LogP contribution in [0.2, 0.25) is 0 Å². The summed E-state index contributed by atoms with van der Waals surface area (Å²) in [6.07, 6.45) is 9.30. The van der Waals surface area contributed by atoms with E-state index in [0.29, 0.717) is 25.7 Å². The number of carbonyl (C=O) groups is 1. The molecule has 0 spiro atoms. The molecule has 8 heteroatoms. The minimum Gasteiger partial charge on any atom is -0.381 e. The van der Waals surface area contributed by atoms with E-state index < -0.39 is 0 Å². The van der Waals surface area contributed by atoms with E-state index in [9.17, 15) is 4.79 Å². The summed E-state index contributed by atoms with van der Waals surface area (Å²) in [7, 11) is 0. The third kappa shape index (κ3) is 5.05. The molecule has 8 nitrogen and oxygen atoms in total. The van der Waals surface area contributed by atoms with Crippen LogP contribution in [0.1, 0.15) is 61.8 Å². The lowest BCUT2D eigenvalue weighted by atomic mass is 9.82. The predicted octanol–water partition coefficient (Wildman–Crippen LogP) is 6.37. The van der Waals surface area contributed by atoms with Gasteiger partial charge in [0.1, 0.15) is 0 Å². The van der Waals surface area contributed by atoms with Crippen LogP contribution >= 0.6 is 0 Å². The molecule has 2 N–H and O–H groups in total. The van der Waals surface area contributed by atoms with Gasteiger partial charge in [0, 0.05) is 36.6 Å². The van der Waals surface area contributed by atoms with Gasteiger partial charge in [-0.15, -0.1) is 0 Å². The highest BCUT2D eigenvalue weighted by molar-refractivity contribution is 6.14. The molecule has 3 heterocycles. The zero-order valence-electron chi connectivity index (χ0n) is 22.0. The minimum atomic E-state index is -0.0901. The Morgan fingerprint density at radius 2 is 1.79 bits per heavy atom. The summed E-state index contributed by atoms with van der Waals surface area (Å²) in [5, 5.41) is 17.4. The molecular formula is C30H36N6O2. The standard InChI is InChI=1S/C30H36N6O2/c1-21-7-12-27-28(19-21)35(25-10-8-23(9-11-25)31-20-24-13-16-32-33-24)30(37)36(26-14-17-38-18-15-26)34-29(27)22-5-3-2-4-6-22/h7-13,16,19,22,26,31H,2-6,14-15,17-18,20H2,1H3,(H,32,33). The van der Waals surface area contributed by atoms with Gasteiger partial charge in [-0.2, -0.15) is 10.2 Å². The number of anilines is 3. The first-order valence-electron chi connectivity index (χ1n) is 13.9. The van der Waals surface area contributed by atoms with Gasteiger partial charge in [-0.05, 0) is 74.6 Å². The van der Waals surface area contributed by atoms with Crippen molar-refractivity contribution in [2.45, 2.75) is 64.5 Å². The summed E-state index contributed by atoms with van der Waals surface area (Å²) in [6, 6.07) is 16.5. The van der Waals surface area contributed by atoms with Crippen LogP contribution in [-0.2, 0) is 11.3 Å². The van der Waals surface area contributed by atoms with E-state index in [4.69, 9.17) is 9.84 Å². The molecule has 38 heavy (non-hydrogen) atoms. The molecule has 2 aliphatic heterocycles. The molecule has 1 aliphatic carbocycles. The van der Waals surface area contributed by atoms with Gasteiger partial charge in [0.05, 0.1) is 35.4 Å². The quantitative estimate of drug-likeness (QED) is 0.402. The molecule has 0 atom stereocenters. The van der Waals surface area contributed by atoms with Crippen LogP contribution in [0, 0.1) is 12.8 Å². The molecule has 1 saturated heterocycles. The molecule has 0 bridgehead atoms. The van der Waals surface area contributed by atoms with Crippen molar-refractivity contribution in [2.24, 2.45) is 11.0 Å². The Balaban J connectivity index is 1.39. The number of nitrogens with zero attached hydrogens (tertiary/aromatic N) is 4. The number of nitrogens with one attached hydrogen (secondary N) is 2. The highest BCUT2D eigenvalue weighted by Crippen LogP contribution is 2.39. The first kappa shape index (κ1) is 24.7. The fraction of sp³-hybridized carbons (Fsp3) is 0.433. The number of aromatic nitrogens is 2. The molecule has 1 aromatic heterocycles. The van der Waals surface area contributed by atoms with Crippen LogP contribution in [0.15, 0.2) is 59.8 Å². The van der Waals surface area contributed by atoms with Crippen molar-refractivity contribution in [3.63, 3.8) is 0 Å². The Kier molecular flexibility index (Phi) is 7.14. The molecule has 6 rings (SSSR count). The number of carbonyl (C=O) groups excluding carboxylic acids is 1. The summed E-state index contributed by atoms with van der Waals surface area (Å²) >= 11 is 0. The summed E-state index contributed by atoms with van der Waals surface area (Å²) in [4.78, 5) is 16.3. The number of H-pyrrole nitrogens is 1.